The fraction of sp³-hybridized carbons (Fsp3) is 0.418. The summed E-state index contributed by atoms with van der Waals surface area (Å²) in [5.74, 6) is -0.800. The number of benzene rings is 4. The van der Waals surface area contributed by atoms with Crippen LogP contribution in [0.2, 0.25) is 0 Å². The Morgan fingerprint density at radius 1 is 0.559 bits per heavy atom. The van der Waals surface area contributed by atoms with Crippen LogP contribution in [0.4, 0.5) is 0 Å². The van der Waals surface area contributed by atoms with Gasteiger partial charge in [0.05, 0.1) is 51.3 Å². The van der Waals surface area contributed by atoms with Gasteiger partial charge >= 0.3 is 17.9 Å². The van der Waals surface area contributed by atoms with Crippen LogP contribution in [0, 0.1) is 11.3 Å². The molecule has 4 aromatic rings. The van der Waals surface area contributed by atoms with Crippen molar-refractivity contribution >= 4 is 30.1 Å². The molecule has 68 heavy (non-hydrogen) atoms. The Morgan fingerprint density at radius 2 is 1.01 bits per heavy atom. The minimum Gasteiger partial charge on any atom is -0.494 e. The highest BCUT2D eigenvalue weighted by atomic mass is 16.6. The van der Waals surface area contributed by atoms with Crippen molar-refractivity contribution in [3.63, 3.8) is 0 Å². The maximum Gasteiger partial charge on any atom is 0.342 e. The SMILES string of the molecule is N#Cc1ccc(COC(=O)c2cc(OC(=O)/C=C/c3ccc(OCCCCCCCCOCC4CO4)cc3)ccc2OC(=O)/C=C/c2ccc(OCCCCCCCCOCC3CO3)cc2)cc1. The fourth-order valence-electron chi connectivity index (χ4n) is 6.86. The number of esters is 3. The zero-order valence-electron chi connectivity index (χ0n) is 38.8. The second-order valence-electron chi connectivity index (χ2n) is 16.7. The van der Waals surface area contributed by atoms with E-state index in [0.717, 1.165) is 107 Å². The Balaban J connectivity index is 0.930. The van der Waals surface area contributed by atoms with Crippen molar-refractivity contribution in [2.24, 2.45) is 0 Å². The van der Waals surface area contributed by atoms with Crippen LogP contribution in [0.15, 0.2) is 103 Å². The van der Waals surface area contributed by atoms with Gasteiger partial charge in [-0.05, 0) is 109 Å². The first kappa shape index (κ1) is 51.1. The third-order valence-corrected chi connectivity index (χ3v) is 11.0. The molecule has 2 aliphatic rings. The molecule has 0 amide bonds. The number of nitrogens with zero attached hydrogens (tertiary/aromatic N) is 1. The molecule has 0 saturated carbocycles. The van der Waals surface area contributed by atoms with E-state index in [1.165, 1.54) is 56.0 Å². The van der Waals surface area contributed by atoms with E-state index >= 15 is 0 Å². The van der Waals surface area contributed by atoms with E-state index in [1.54, 1.807) is 36.4 Å². The van der Waals surface area contributed by atoms with Crippen LogP contribution in [-0.4, -0.2) is 83.0 Å². The van der Waals surface area contributed by atoms with Gasteiger partial charge in [0.15, 0.2) is 0 Å². The number of ether oxygens (including phenoxy) is 9. The van der Waals surface area contributed by atoms with Gasteiger partial charge in [0, 0.05) is 25.4 Å². The molecule has 4 aromatic carbocycles. The molecular weight excluding hydrogens is 867 g/mol. The average Bonchev–Trinajstić information content (AvgIpc) is 4.32. The summed E-state index contributed by atoms with van der Waals surface area (Å²) < 4.78 is 50.0. The molecule has 360 valence electrons. The lowest BCUT2D eigenvalue weighted by atomic mass is 10.1. The summed E-state index contributed by atoms with van der Waals surface area (Å²) in [6.07, 6.45) is 19.7. The van der Waals surface area contributed by atoms with Crippen molar-refractivity contribution in [2.75, 3.05) is 52.9 Å². The zero-order valence-corrected chi connectivity index (χ0v) is 38.8. The predicted molar refractivity (Wildman–Crippen MR) is 256 cm³/mol. The number of hydrogen-bond donors (Lipinski definition) is 0. The van der Waals surface area contributed by atoms with Crippen LogP contribution in [-0.2, 0) is 39.9 Å². The molecule has 0 N–H and O–H groups in total. The van der Waals surface area contributed by atoms with Crippen LogP contribution in [0.1, 0.15) is 110 Å². The van der Waals surface area contributed by atoms with Crippen molar-refractivity contribution in [3.05, 3.63) is 131 Å². The maximum atomic E-state index is 13.4. The molecule has 0 bridgehead atoms. The van der Waals surface area contributed by atoms with Gasteiger partial charge in [-0.2, -0.15) is 5.26 Å². The van der Waals surface area contributed by atoms with Gasteiger partial charge in [-0.15, -0.1) is 0 Å². The first-order valence-corrected chi connectivity index (χ1v) is 23.8. The third-order valence-electron chi connectivity index (χ3n) is 11.0. The van der Waals surface area contributed by atoms with Crippen LogP contribution >= 0.6 is 0 Å². The average molecular weight is 930 g/mol. The van der Waals surface area contributed by atoms with Gasteiger partial charge in [-0.25, -0.2) is 14.4 Å². The summed E-state index contributed by atoms with van der Waals surface area (Å²) >= 11 is 0. The van der Waals surface area contributed by atoms with Crippen molar-refractivity contribution < 1.29 is 57.0 Å². The van der Waals surface area contributed by atoms with E-state index in [4.69, 9.17) is 47.9 Å². The Kier molecular flexibility index (Phi) is 22.1. The van der Waals surface area contributed by atoms with Gasteiger partial charge in [0.1, 0.15) is 47.4 Å². The quantitative estimate of drug-likeness (QED) is 0.0146. The Labute approximate surface area is 399 Å². The minimum atomic E-state index is -0.815. The lowest BCUT2D eigenvalue weighted by molar-refractivity contribution is -0.130. The molecule has 2 atom stereocenters. The van der Waals surface area contributed by atoms with Gasteiger partial charge in [0.25, 0.3) is 0 Å². The predicted octanol–water partition coefficient (Wildman–Crippen LogP) is 10.4. The van der Waals surface area contributed by atoms with E-state index in [1.807, 2.05) is 48.5 Å². The Hall–Kier alpha value is -6.30. The molecule has 0 aliphatic carbocycles. The largest absolute Gasteiger partial charge is 0.494 e. The summed E-state index contributed by atoms with van der Waals surface area (Å²) in [5.41, 5.74) is 2.49. The smallest absolute Gasteiger partial charge is 0.342 e. The summed E-state index contributed by atoms with van der Waals surface area (Å²) in [7, 11) is 0. The Morgan fingerprint density at radius 3 is 1.50 bits per heavy atom. The molecule has 2 unspecified atom stereocenters. The fourth-order valence-corrected chi connectivity index (χ4v) is 6.86. The van der Waals surface area contributed by atoms with E-state index in [2.05, 4.69) is 6.07 Å². The number of hydrogen-bond acceptors (Lipinski definition) is 13. The van der Waals surface area contributed by atoms with Gasteiger partial charge in [0.2, 0.25) is 0 Å². The van der Waals surface area contributed by atoms with Gasteiger partial charge in [-0.3, -0.25) is 0 Å². The summed E-state index contributed by atoms with van der Waals surface area (Å²) in [5, 5.41) is 9.13. The van der Waals surface area contributed by atoms with Crippen molar-refractivity contribution in [1.29, 1.82) is 5.26 Å². The molecule has 2 aliphatic heterocycles. The molecule has 0 radical (unpaired) electrons. The number of unbranched alkanes of at least 4 members (excludes halogenated alkanes) is 10. The first-order valence-electron chi connectivity index (χ1n) is 23.8. The second kappa shape index (κ2) is 29.5. The monoisotopic (exact) mass is 929 g/mol. The van der Waals surface area contributed by atoms with E-state index in [-0.39, 0.29) is 23.7 Å². The van der Waals surface area contributed by atoms with Crippen molar-refractivity contribution in [3.8, 4) is 29.1 Å². The van der Waals surface area contributed by atoms with Gasteiger partial charge in [-0.1, -0.05) is 87.8 Å². The van der Waals surface area contributed by atoms with Crippen molar-refractivity contribution in [1.82, 2.24) is 0 Å². The molecule has 0 spiro atoms. The summed E-state index contributed by atoms with van der Waals surface area (Å²) in [6, 6.07) is 27.5. The number of carbonyl (C=O) groups excluding carboxylic acids is 3. The lowest BCUT2D eigenvalue weighted by Gasteiger charge is -2.11. The van der Waals surface area contributed by atoms with E-state index in [9.17, 15) is 14.4 Å². The van der Waals surface area contributed by atoms with Crippen LogP contribution in [0.25, 0.3) is 12.2 Å². The molecule has 2 heterocycles. The number of nitriles is 1. The molecule has 2 fully saturated rings. The Bertz CT molecular complexity index is 2240. The minimum absolute atomic E-state index is 0.0384. The molecule has 13 heteroatoms. The maximum absolute atomic E-state index is 13.4. The molecule has 0 aromatic heterocycles. The van der Waals surface area contributed by atoms with E-state index < -0.39 is 17.9 Å². The standard InChI is InChI=1S/C55H63NO12/c56-36-44-13-15-45(16-14-44)37-66-55(59)51-35-48(67-53(57)29-21-42-17-23-46(24-18-42)62-33-11-7-3-1-5-9-31-60-38-49-40-64-49)27-28-52(51)68-54(58)30-22-43-19-25-47(26-20-43)63-34-12-8-4-2-6-10-32-61-39-50-41-65-50/h13-30,35,49-50H,1-12,31-34,37-41H2/b29-21+,30-22+. The number of carbonyl (C=O) groups is 3. The second-order valence-corrected chi connectivity index (χ2v) is 16.7. The van der Waals surface area contributed by atoms with E-state index in [0.29, 0.717) is 43.2 Å². The molecular formula is C55H63NO12. The van der Waals surface area contributed by atoms with Crippen LogP contribution < -0.4 is 18.9 Å². The zero-order chi connectivity index (χ0) is 47.4. The normalized spacial score (nSPS) is 14.9. The first-order chi connectivity index (χ1) is 33.4. The lowest BCUT2D eigenvalue weighted by Crippen LogP contribution is -2.12. The number of epoxide rings is 2. The summed E-state index contributed by atoms with van der Waals surface area (Å²) in [6.45, 7) is 5.84. The topological polar surface area (TPSA) is 165 Å². The highest BCUT2D eigenvalue weighted by Gasteiger charge is 2.23. The van der Waals surface area contributed by atoms with Gasteiger partial charge < -0.3 is 42.6 Å². The highest BCUT2D eigenvalue weighted by Crippen LogP contribution is 2.27. The number of rotatable bonds is 33. The third kappa shape index (κ3) is 20.7. The molecule has 6 rings (SSSR count). The highest BCUT2D eigenvalue weighted by molar-refractivity contribution is 5.96. The summed E-state index contributed by atoms with van der Waals surface area (Å²) in [4.78, 5) is 39.4. The van der Waals surface area contributed by atoms with Crippen LogP contribution in [0.3, 0.4) is 0 Å². The van der Waals surface area contributed by atoms with Crippen LogP contribution in [0.5, 0.6) is 23.0 Å². The van der Waals surface area contributed by atoms with Crippen molar-refractivity contribution in [2.45, 2.75) is 95.9 Å². The molecule has 13 nitrogen and oxygen atoms in total. The molecule has 2 saturated heterocycles.